The normalized spacial score (nSPS) is 8.83. The second kappa shape index (κ2) is 5.84. The van der Waals surface area contributed by atoms with E-state index in [4.69, 9.17) is 0 Å². The van der Waals surface area contributed by atoms with Crippen LogP contribution in [0.4, 0.5) is 5.82 Å². The third-order valence-corrected chi connectivity index (χ3v) is 1.74. The maximum Gasteiger partial charge on any atom is 0.128 e. The van der Waals surface area contributed by atoms with Crippen LogP contribution in [0, 0.1) is 0 Å². The number of hydrogen-bond acceptors (Lipinski definition) is 2. The minimum Gasteiger partial charge on any atom is -0.357 e. The summed E-state index contributed by atoms with van der Waals surface area (Å²) in [5, 5.41) is 0. The fraction of sp³-hybridized carbons (Fsp3) is 0.444. The molecule has 1 rings (SSSR count). The van der Waals surface area contributed by atoms with Gasteiger partial charge >= 0.3 is 0 Å². The Bertz CT molecular complexity index is 197. The Morgan fingerprint density at radius 3 is 2.33 bits per heavy atom. The number of halogens is 1. The zero-order valence-corrected chi connectivity index (χ0v) is 8.34. The Morgan fingerprint density at radius 1 is 1.25 bits per heavy atom. The van der Waals surface area contributed by atoms with Gasteiger partial charge in [-0.2, -0.15) is 0 Å². The van der Waals surface area contributed by atoms with Gasteiger partial charge in [0.05, 0.1) is 0 Å². The van der Waals surface area contributed by atoms with E-state index in [2.05, 4.69) is 23.7 Å². The zero-order valence-electron chi connectivity index (χ0n) is 7.53. The van der Waals surface area contributed by atoms with Gasteiger partial charge in [0.1, 0.15) is 5.82 Å². The summed E-state index contributed by atoms with van der Waals surface area (Å²) in [6, 6.07) is 5.99. The minimum absolute atomic E-state index is 0. The minimum atomic E-state index is 0. The number of nitrogens with zero attached hydrogens (tertiary/aromatic N) is 2. The van der Waals surface area contributed by atoms with Crippen LogP contribution in [-0.4, -0.2) is 18.1 Å². The molecule has 0 atom stereocenters. The Balaban J connectivity index is 0.00000121. The second-order valence-corrected chi connectivity index (χ2v) is 2.36. The average Bonchev–Trinajstić information content (AvgIpc) is 2.09. The molecule has 0 aliphatic carbocycles. The van der Waals surface area contributed by atoms with E-state index in [-0.39, 0.29) is 12.4 Å². The van der Waals surface area contributed by atoms with Crippen LogP contribution in [0.5, 0.6) is 0 Å². The molecule has 0 aromatic carbocycles. The van der Waals surface area contributed by atoms with E-state index >= 15 is 0 Å². The summed E-state index contributed by atoms with van der Waals surface area (Å²) >= 11 is 0. The molecule has 2 nitrogen and oxygen atoms in total. The Kier molecular flexibility index (Phi) is 5.47. The predicted octanol–water partition coefficient (Wildman–Crippen LogP) is 2.35. The molecule has 0 saturated carbocycles. The van der Waals surface area contributed by atoms with Crippen LogP contribution in [0.3, 0.4) is 0 Å². The fourth-order valence-corrected chi connectivity index (χ4v) is 1.09. The first-order valence-corrected chi connectivity index (χ1v) is 4.04. The molecule has 0 bridgehead atoms. The van der Waals surface area contributed by atoms with Crippen molar-refractivity contribution in [1.29, 1.82) is 0 Å². The van der Waals surface area contributed by atoms with Gasteiger partial charge in [-0.3, -0.25) is 0 Å². The maximum atomic E-state index is 4.25. The highest BCUT2D eigenvalue weighted by atomic mass is 35.5. The van der Waals surface area contributed by atoms with E-state index in [1.807, 2.05) is 24.4 Å². The van der Waals surface area contributed by atoms with Crippen LogP contribution in [-0.2, 0) is 0 Å². The Hall–Kier alpha value is -0.760. The van der Waals surface area contributed by atoms with Crippen LogP contribution in [0.15, 0.2) is 24.4 Å². The molecule has 0 aliphatic rings. The summed E-state index contributed by atoms with van der Waals surface area (Å²) in [5.41, 5.74) is 0. The highest BCUT2D eigenvalue weighted by Crippen LogP contribution is 2.06. The molecule has 1 heterocycles. The van der Waals surface area contributed by atoms with Gasteiger partial charge in [0.25, 0.3) is 0 Å². The molecule has 0 amide bonds. The molecule has 0 saturated heterocycles. The lowest BCUT2D eigenvalue weighted by atomic mass is 10.4. The van der Waals surface area contributed by atoms with Crippen LogP contribution in [0.2, 0.25) is 0 Å². The highest BCUT2D eigenvalue weighted by molar-refractivity contribution is 5.85. The van der Waals surface area contributed by atoms with Gasteiger partial charge in [0.15, 0.2) is 0 Å². The molecule has 0 unspecified atom stereocenters. The lowest BCUT2D eigenvalue weighted by molar-refractivity contribution is 0.846. The van der Waals surface area contributed by atoms with Crippen LogP contribution in [0.1, 0.15) is 13.8 Å². The van der Waals surface area contributed by atoms with Crippen LogP contribution >= 0.6 is 12.4 Å². The van der Waals surface area contributed by atoms with E-state index < -0.39 is 0 Å². The van der Waals surface area contributed by atoms with E-state index in [0.717, 1.165) is 18.9 Å². The summed E-state index contributed by atoms with van der Waals surface area (Å²) in [5.74, 6) is 1.07. The van der Waals surface area contributed by atoms with Crippen molar-refractivity contribution < 1.29 is 0 Å². The molecular weight excluding hydrogens is 172 g/mol. The fourth-order valence-electron chi connectivity index (χ4n) is 1.09. The van der Waals surface area contributed by atoms with Crippen molar-refractivity contribution in [2.45, 2.75) is 13.8 Å². The SMILES string of the molecule is CCN(CC)c1ccccn1.Cl. The van der Waals surface area contributed by atoms with Crippen molar-refractivity contribution in [1.82, 2.24) is 4.98 Å². The maximum absolute atomic E-state index is 4.25. The highest BCUT2D eigenvalue weighted by Gasteiger charge is 1.99. The molecule has 3 heteroatoms. The third-order valence-electron chi connectivity index (χ3n) is 1.74. The van der Waals surface area contributed by atoms with E-state index in [1.165, 1.54) is 0 Å². The Morgan fingerprint density at radius 2 is 1.92 bits per heavy atom. The molecule has 68 valence electrons. The van der Waals surface area contributed by atoms with Crippen molar-refractivity contribution in [2.75, 3.05) is 18.0 Å². The first-order valence-electron chi connectivity index (χ1n) is 4.04. The molecule has 12 heavy (non-hydrogen) atoms. The van der Waals surface area contributed by atoms with Gasteiger partial charge in [0, 0.05) is 19.3 Å². The van der Waals surface area contributed by atoms with Gasteiger partial charge in [-0.1, -0.05) is 6.07 Å². The Labute approximate surface area is 80.0 Å². The number of anilines is 1. The number of hydrogen-bond donors (Lipinski definition) is 0. The predicted molar refractivity (Wildman–Crippen MR) is 55.0 cm³/mol. The van der Waals surface area contributed by atoms with Crippen molar-refractivity contribution in [3.63, 3.8) is 0 Å². The lowest BCUT2D eigenvalue weighted by Crippen LogP contribution is -2.22. The topological polar surface area (TPSA) is 16.1 Å². The van der Waals surface area contributed by atoms with Gasteiger partial charge in [-0.25, -0.2) is 4.98 Å². The first kappa shape index (κ1) is 11.2. The van der Waals surface area contributed by atoms with E-state index in [0.29, 0.717) is 0 Å². The molecule has 0 spiro atoms. The largest absolute Gasteiger partial charge is 0.357 e. The summed E-state index contributed by atoms with van der Waals surface area (Å²) in [4.78, 5) is 6.47. The summed E-state index contributed by atoms with van der Waals surface area (Å²) < 4.78 is 0. The molecule has 0 fully saturated rings. The average molecular weight is 187 g/mol. The van der Waals surface area contributed by atoms with Crippen molar-refractivity contribution >= 4 is 18.2 Å². The number of aromatic nitrogens is 1. The van der Waals surface area contributed by atoms with E-state index in [9.17, 15) is 0 Å². The number of rotatable bonds is 3. The lowest BCUT2D eigenvalue weighted by Gasteiger charge is -2.18. The molecule has 0 aliphatic heterocycles. The monoisotopic (exact) mass is 186 g/mol. The van der Waals surface area contributed by atoms with E-state index in [1.54, 1.807) is 0 Å². The van der Waals surface area contributed by atoms with Gasteiger partial charge in [0.2, 0.25) is 0 Å². The molecule has 0 N–H and O–H groups in total. The summed E-state index contributed by atoms with van der Waals surface area (Å²) in [6.45, 7) is 6.32. The molecule has 1 aromatic heterocycles. The van der Waals surface area contributed by atoms with Crippen molar-refractivity contribution in [3.8, 4) is 0 Å². The van der Waals surface area contributed by atoms with Crippen LogP contribution < -0.4 is 4.90 Å². The first-order chi connectivity index (χ1) is 5.38. The summed E-state index contributed by atoms with van der Waals surface area (Å²) in [7, 11) is 0. The number of pyridine rings is 1. The van der Waals surface area contributed by atoms with Crippen molar-refractivity contribution in [2.24, 2.45) is 0 Å². The summed E-state index contributed by atoms with van der Waals surface area (Å²) in [6.07, 6.45) is 1.83. The standard InChI is InChI=1S/C9H14N2.ClH/c1-3-11(4-2)9-7-5-6-8-10-9;/h5-8H,3-4H2,1-2H3;1H. The quantitative estimate of drug-likeness (QED) is 0.721. The second-order valence-electron chi connectivity index (χ2n) is 2.36. The van der Waals surface area contributed by atoms with Gasteiger partial charge in [-0.05, 0) is 26.0 Å². The smallest absolute Gasteiger partial charge is 0.128 e. The van der Waals surface area contributed by atoms with Gasteiger partial charge < -0.3 is 4.90 Å². The third kappa shape index (κ3) is 2.70. The van der Waals surface area contributed by atoms with Crippen molar-refractivity contribution in [3.05, 3.63) is 24.4 Å². The molecule has 0 radical (unpaired) electrons. The van der Waals surface area contributed by atoms with Crippen LogP contribution in [0.25, 0.3) is 0 Å². The molecule has 1 aromatic rings. The zero-order chi connectivity index (χ0) is 8.10. The van der Waals surface area contributed by atoms with Gasteiger partial charge in [-0.15, -0.1) is 12.4 Å². The molecular formula is C9H15ClN2.